The number of carbonyl (C=O) groups excluding carboxylic acids is 1. The van der Waals surface area contributed by atoms with Gasteiger partial charge in [0.2, 0.25) is 0 Å². The van der Waals surface area contributed by atoms with Crippen LogP contribution in [0.4, 0.5) is 4.39 Å². The number of benzene rings is 1. The standard InChI is InChI=1S/C13H15ClFNO2S/c14-11-9(2-1-3-10(11)15)12(17)16-8-13(18)4-6-19-7-5-13/h1-3,18H,4-8H2,(H,16,17). The number of nitrogens with one attached hydrogen (secondary N) is 1. The van der Waals surface area contributed by atoms with E-state index in [-0.39, 0.29) is 17.1 Å². The Morgan fingerprint density at radius 2 is 2.16 bits per heavy atom. The minimum Gasteiger partial charge on any atom is -0.388 e. The van der Waals surface area contributed by atoms with Crippen LogP contribution in [0.1, 0.15) is 23.2 Å². The van der Waals surface area contributed by atoms with Gasteiger partial charge in [0.25, 0.3) is 5.91 Å². The topological polar surface area (TPSA) is 49.3 Å². The van der Waals surface area contributed by atoms with Crippen molar-refractivity contribution in [2.45, 2.75) is 18.4 Å². The van der Waals surface area contributed by atoms with Crippen LogP contribution < -0.4 is 5.32 Å². The highest BCUT2D eigenvalue weighted by atomic mass is 35.5. The fourth-order valence-corrected chi connectivity index (χ4v) is 3.41. The molecule has 1 aromatic rings. The Balaban J connectivity index is 1.99. The summed E-state index contributed by atoms with van der Waals surface area (Å²) in [5.74, 6) is 0.679. The Morgan fingerprint density at radius 3 is 2.84 bits per heavy atom. The van der Waals surface area contributed by atoms with E-state index in [2.05, 4.69) is 5.32 Å². The van der Waals surface area contributed by atoms with Gasteiger partial charge in [0.05, 0.1) is 16.2 Å². The summed E-state index contributed by atoms with van der Waals surface area (Å²) in [6.07, 6.45) is 1.30. The summed E-state index contributed by atoms with van der Waals surface area (Å²) in [5.41, 5.74) is -0.767. The minimum atomic E-state index is -0.860. The van der Waals surface area contributed by atoms with Crippen LogP contribution in [-0.4, -0.2) is 34.7 Å². The van der Waals surface area contributed by atoms with Crippen molar-refractivity contribution in [3.63, 3.8) is 0 Å². The maximum atomic E-state index is 13.2. The lowest BCUT2D eigenvalue weighted by Crippen LogP contribution is -2.45. The molecule has 0 radical (unpaired) electrons. The average molecular weight is 304 g/mol. The molecule has 6 heteroatoms. The van der Waals surface area contributed by atoms with Crippen LogP contribution >= 0.6 is 23.4 Å². The van der Waals surface area contributed by atoms with Gasteiger partial charge in [-0.05, 0) is 36.5 Å². The lowest BCUT2D eigenvalue weighted by Gasteiger charge is -2.31. The van der Waals surface area contributed by atoms with Gasteiger partial charge in [0.1, 0.15) is 5.82 Å². The lowest BCUT2D eigenvalue weighted by molar-refractivity contribution is 0.0311. The molecule has 0 aromatic heterocycles. The zero-order chi connectivity index (χ0) is 13.9. The SMILES string of the molecule is O=C(NCC1(O)CCSCC1)c1cccc(F)c1Cl. The van der Waals surface area contributed by atoms with Crippen molar-refractivity contribution >= 4 is 29.3 Å². The number of halogens is 2. The normalized spacial score (nSPS) is 18.1. The van der Waals surface area contributed by atoms with Crippen molar-refractivity contribution < 1.29 is 14.3 Å². The number of carbonyl (C=O) groups is 1. The van der Waals surface area contributed by atoms with Crippen molar-refractivity contribution in [2.24, 2.45) is 0 Å². The van der Waals surface area contributed by atoms with Gasteiger partial charge < -0.3 is 10.4 Å². The first-order valence-electron chi connectivity index (χ1n) is 6.04. The third-order valence-corrected chi connectivity index (χ3v) is 4.57. The van der Waals surface area contributed by atoms with Crippen LogP contribution in [0.3, 0.4) is 0 Å². The highest BCUT2D eigenvalue weighted by molar-refractivity contribution is 7.99. The molecular formula is C13H15ClFNO2S. The molecule has 0 saturated carbocycles. The first-order valence-corrected chi connectivity index (χ1v) is 7.57. The molecule has 2 rings (SSSR count). The number of thioether (sulfide) groups is 1. The smallest absolute Gasteiger partial charge is 0.253 e. The minimum absolute atomic E-state index is 0.0930. The maximum absolute atomic E-state index is 13.2. The van der Waals surface area contributed by atoms with Crippen molar-refractivity contribution in [3.8, 4) is 0 Å². The Hall–Kier alpha value is -0.780. The molecule has 0 spiro atoms. The molecule has 2 N–H and O–H groups in total. The van der Waals surface area contributed by atoms with E-state index in [4.69, 9.17) is 11.6 Å². The summed E-state index contributed by atoms with van der Waals surface area (Å²) in [4.78, 5) is 11.9. The molecule has 1 aliphatic heterocycles. The number of aliphatic hydroxyl groups is 1. The fraction of sp³-hybridized carbons (Fsp3) is 0.462. The van der Waals surface area contributed by atoms with Gasteiger partial charge in [-0.1, -0.05) is 17.7 Å². The van der Waals surface area contributed by atoms with E-state index in [0.29, 0.717) is 12.8 Å². The van der Waals surface area contributed by atoms with Crippen LogP contribution in [0.25, 0.3) is 0 Å². The van der Waals surface area contributed by atoms with Crippen molar-refractivity contribution in [1.29, 1.82) is 0 Å². The largest absolute Gasteiger partial charge is 0.388 e. The third kappa shape index (κ3) is 3.61. The third-order valence-electron chi connectivity index (χ3n) is 3.20. The molecule has 1 saturated heterocycles. The Morgan fingerprint density at radius 1 is 1.47 bits per heavy atom. The van der Waals surface area contributed by atoms with Crippen molar-refractivity contribution in [1.82, 2.24) is 5.32 Å². The molecule has 1 aliphatic rings. The lowest BCUT2D eigenvalue weighted by atomic mass is 9.97. The van der Waals surface area contributed by atoms with Crippen LogP contribution in [0.2, 0.25) is 5.02 Å². The van der Waals surface area contributed by atoms with Crippen LogP contribution in [0.5, 0.6) is 0 Å². The maximum Gasteiger partial charge on any atom is 0.253 e. The van der Waals surface area contributed by atoms with Gasteiger partial charge in [-0.15, -0.1) is 0 Å². The monoisotopic (exact) mass is 303 g/mol. The number of rotatable bonds is 3. The second-order valence-electron chi connectivity index (χ2n) is 4.62. The molecule has 1 aromatic carbocycles. The van der Waals surface area contributed by atoms with E-state index in [9.17, 15) is 14.3 Å². The summed E-state index contributed by atoms with van der Waals surface area (Å²) in [6, 6.07) is 4.09. The summed E-state index contributed by atoms with van der Waals surface area (Å²) in [5, 5.41) is 12.7. The summed E-state index contributed by atoms with van der Waals surface area (Å²) < 4.78 is 13.2. The van der Waals surface area contributed by atoms with E-state index in [0.717, 1.165) is 11.5 Å². The molecule has 0 bridgehead atoms. The predicted molar refractivity (Wildman–Crippen MR) is 75.3 cm³/mol. The Kier molecular flexibility index (Phi) is 4.71. The highest BCUT2D eigenvalue weighted by Crippen LogP contribution is 2.26. The number of hydrogen-bond acceptors (Lipinski definition) is 3. The molecule has 3 nitrogen and oxygen atoms in total. The average Bonchev–Trinajstić information content (AvgIpc) is 2.40. The van der Waals surface area contributed by atoms with Gasteiger partial charge in [0, 0.05) is 6.54 Å². The van der Waals surface area contributed by atoms with Crippen LogP contribution in [-0.2, 0) is 0 Å². The summed E-state index contributed by atoms with van der Waals surface area (Å²) >= 11 is 7.53. The van der Waals surface area contributed by atoms with Gasteiger partial charge >= 0.3 is 0 Å². The van der Waals surface area contributed by atoms with Crippen molar-refractivity contribution in [3.05, 3.63) is 34.6 Å². The zero-order valence-corrected chi connectivity index (χ0v) is 11.9. The molecule has 1 amide bonds. The highest BCUT2D eigenvalue weighted by Gasteiger charge is 2.30. The zero-order valence-electron chi connectivity index (χ0n) is 10.3. The molecule has 0 atom stereocenters. The van der Waals surface area contributed by atoms with Crippen LogP contribution in [0, 0.1) is 5.82 Å². The molecule has 19 heavy (non-hydrogen) atoms. The molecule has 0 aliphatic carbocycles. The van der Waals surface area contributed by atoms with E-state index in [1.165, 1.54) is 18.2 Å². The second-order valence-corrected chi connectivity index (χ2v) is 6.22. The van der Waals surface area contributed by atoms with Gasteiger partial charge in [-0.25, -0.2) is 4.39 Å². The van der Waals surface area contributed by atoms with E-state index in [1.807, 2.05) is 0 Å². The Bertz CT molecular complexity index is 478. The quantitative estimate of drug-likeness (QED) is 0.902. The molecule has 1 heterocycles. The Labute approximate surface area is 120 Å². The van der Waals surface area contributed by atoms with Gasteiger partial charge in [-0.2, -0.15) is 11.8 Å². The van der Waals surface area contributed by atoms with Crippen LogP contribution in [0.15, 0.2) is 18.2 Å². The molecular weight excluding hydrogens is 289 g/mol. The van der Waals surface area contributed by atoms with Gasteiger partial charge in [-0.3, -0.25) is 4.79 Å². The van der Waals surface area contributed by atoms with Gasteiger partial charge in [0.15, 0.2) is 0 Å². The van der Waals surface area contributed by atoms with E-state index in [1.54, 1.807) is 11.8 Å². The molecule has 104 valence electrons. The number of amides is 1. The second kappa shape index (κ2) is 6.11. The molecule has 1 fully saturated rings. The first kappa shape index (κ1) is 14.6. The summed E-state index contributed by atoms with van der Waals surface area (Å²) in [7, 11) is 0. The number of hydrogen-bond donors (Lipinski definition) is 2. The van der Waals surface area contributed by atoms with E-state index < -0.39 is 17.3 Å². The first-order chi connectivity index (χ1) is 9.02. The molecule has 0 unspecified atom stereocenters. The van der Waals surface area contributed by atoms with Crippen molar-refractivity contribution in [2.75, 3.05) is 18.1 Å². The summed E-state index contributed by atoms with van der Waals surface area (Å²) in [6.45, 7) is 0.166. The predicted octanol–water partition coefficient (Wildman–Crippen LogP) is 2.47. The van der Waals surface area contributed by atoms with E-state index >= 15 is 0 Å². The fourth-order valence-electron chi connectivity index (χ4n) is 1.95.